The highest BCUT2D eigenvalue weighted by atomic mass is 35.5. The molecule has 1 aromatic carbocycles. The summed E-state index contributed by atoms with van der Waals surface area (Å²) in [7, 11) is 0. The molecule has 124 valence electrons. The molecular formula is C14H12ClN5O4. The SMILES string of the molecule is C/C(=N\N=C\c1ccc([N+](=O)[O-])o1)C(=Nc1ccc(Cl)cc1)NO. The Morgan fingerprint density at radius 3 is 2.62 bits per heavy atom. The van der Waals surface area contributed by atoms with Crippen LogP contribution in [0.5, 0.6) is 0 Å². The van der Waals surface area contributed by atoms with E-state index in [1.54, 1.807) is 31.2 Å². The molecule has 1 heterocycles. The smallest absolute Gasteiger partial charge is 0.400 e. The maximum absolute atomic E-state index is 10.5. The Kier molecular flexibility index (Phi) is 5.77. The van der Waals surface area contributed by atoms with Gasteiger partial charge in [0, 0.05) is 5.02 Å². The third kappa shape index (κ3) is 4.73. The Balaban J connectivity index is 2.13. The summed E-state index contributed by atoms with van der Waals surface area (Å²) >= 11 is 5.79. The van der Waals surface area contributed by atoms with Crippen LogP contribution in [0.25, 0.3) is 0 Å². The van der Waals surface area contributed by atoms with E-state index >= 15 is 0 Å². The summed E-state index contributed by atoms with van der Waals surface area (Å²) in [6.07, 6.45) is 1.20. The van der Waals surface area contributed by atoms with Crippen molar-refractivity contribution in [1.82, 2.24) is 5.48 Å². The molecule has 0 aliphatic carbocycles. The molecule has 9 nitrogen and oxygen atoms in total. The second-order valence-corrected chi connectivity index (χ2v) is 4.85. The fraction of sp³-hybridized carbons (Fsp3) is 0.0714. The van der Waals surface area contributed by atoms with Crippen LogP contribution in [-0.4, -0.2) is 27.9 Å². The van der Waals surface area contributed by atoms with Gasteiger partial charge in [0.15, 0.2) is 11.6 Å². The molecule has 0 radical (unpaired) electrons. The number of benzene rings is 1. The molecular weight excluding hydrogens is 338 g/mol. The van der Waals surface area contributed by atoms with Crippen molar-refractivity contribution < 1.29 is 14.5 Å². The summed E-state index contributed by atoms with van der Waals surface area (Å²) in [6.45, 7) is 1.57. The first-order valence-electron chi connectivity index (χ1n) is 6.56. The van der Waals surface area contributed by atoms with Gasteiger partial charge in [-0.05, 0) is 37.3 Å². The number of aliphatic imine (C=N–C) groups is 1. The zero-order valence-electron chi connectivity index (χ0n) is 12.4. The zero-order valence-corrected chi connectivity index (χ0v) is 13.1. The first-order valence-corrected chi connectivity index (χ1v) is 6.94. The Hall–Kier alpha value is -3.04. The number of rotatable bonds is 5. The fourth-order valence-corrected chi connectivity index (χ4v) is 1.69. The van der Waals surface area contributed by atoms with Gasteiger partial charge in [0.25, 0.3) is 0 Å². The van der Waals surface area contributed by atoms with Crippen molar-refractivity contribution in [1.29, 1.82) is 0 Å². The number of hydroxylamine groups is 1. The molecule has 2 N–H and O–H groups in total. The molecule has 0 saturated heterocycles. The van der Waals surface area contributed by atoms with Crippen LogP contribution in [0.15, 0.2) is 56.0 Å². The average Bonchev–Trinajstić information content (AvgIpc) is 3.03. The number of nitrogens with one attached hydrogen (secondary N) is 1. The highest BCUT2D eigenvalue weighted by Gasteiger charge is 2.10. The third-order valence-corrected chi connectivity index (χ3v) is 2.95. The summed E-state index contributed by atoms with van der Waals surface area (Å²) in [5.41, 5.74) is 2.77. The van der Waals surface area contributed by atoms with Crippen LogP contribution in [0.2, 0.25) is 5.02 Å². The van der Waals surface area contributed by atoms with Crippen LogP contribution < -0.4 is 5.48 Å². The first-order chi connectivity index (χ1) is 11.5. The second kappa shape index (κ2) is 7.99. The van der Waals surface area contributed by atoms with Gasteiger partial charge in [-0.2, -0.15) is 10.2 Å². The largest absolute Gasteiger partial charge is 0.433 e. The Labute approximate surface area is 141 Å². The topological polar surface area (TPSA) is 126 Å². The molecule has 0 amide bonds. The van der Waals surface area contributed by atoms with E-state index in [0.29, 0.717) is 10.7 Å². The number of halogens is 1. The lowest BCUT2D eigenvalue weighted by atomic mass is 10.3. The van der Waals surface area contributed by atoms with E-state index in [9.17, 15) is 10.1 Å². The summed E-state index contributed by atoms with van der Waals surface area (Å²) in [4.78, 5) is 14.0. The van der Waals surface area contributed by atoms with Crippen LogP contribution in [0, 0.1) is 10.1 Å². The lowest BCUT2D eigenvalue weighted by Crippen LogP contribution is -2.26. The molecule has 2 aromatic rings. The van der Waals surface area contributed by atoms with Crippen LogP contribution in [0.3, 0.4) is 0 Å². The van der Waals surface area contributed by atoms with E-state index in [-0.39, 0.29) is 23.2 Å². The number of amidine groups is 1. The summed E-state index contributed by atoms with van der Waals surface area (Å²) < 4.78 is 4.90. The number of nitrogens with zero attached hydrogens (tertiary/aromatic N) is 4. The first kappa shape index (κ1) is 17.3. The molecule has 0 bridgehead atoms. The Morgan fingerprint density at radius 2 is 2.04 bits per heavy atom. The average molecular weight is 350 g/mol. The predicted molar refractivity (Wildman–Crippen MR) is 89.5 cm³/mol. The van der Waals surface area contributed by atoms with E-state index in [2.05, 4.69) is 15.2 Å². The minimum absolute atomic E-state index is 0.0832. The highest BCUT2D eigenvalue weighted by Crippen LogP contribution is 2.16. The van der Waals surface area contributed by atoms with Crippen molar-refractivity contribution in [3.8, 4) is 0 Å². The van der Waals surface area contributed by atoms with Gasteiger partial charge in [0.2, 0.25) is 0 Å². The third-order valence-electron chi connectivity index (χ3n) is 2.70. The van der Waals surface area contributed by atoms with Crippen LogP contribution >= 0.6 is 11.6 Å². The number of nitro groups is 1. The van der Waals surface area contributed by atoms with Gasteiger partial charge in [-0.3, -0.25) is 20.8 Å². The van der Waals surface area contributed by atoms with Crippen LogP contribution in [0.1, 0.15) is 12.7 Å². The van der Waals surface area contributed by atoms with E-state index in [0.717, 1.165) is 0 Å². The van der Waals surface area contributed by atoms with Gasteiger partial charge in [-0.1, -0.05) is 11.6 Å². The predicted octanol–water partition coefficient (Wildman–Crippen LogP) is 3.35. The highest BCUT2D eigenvalue weighted by molar-refractivity contribution is 6.40. The quantitative estimate of drug-likeness (QED) is 0.370. The maximum atomic E-state index is 10.5. The molecule has 10 heteroatoms. The molecule has 24 heavy (non-hydrogen) atoms. The molecule has 0 atom stereocenters. The Bertz CT molecular complexity index is 811. The van der Waals surface area contributed by atoms with Crippen molar-refractivity contribution >= 4 is 40.9 Å². The van der Waals surface area contributed by atoms with Gasteiger partial charge >= 0.3 is 5.88 Å². The summed E-state index contributed by atoms with van der Waals surface area (Å²) in [5.74, 6) is -0.134. The van der Waals surface area contributed by atoms with Crippen molar-refractivity contribution in [2.45, 2.75) is 6.92 Å². The molecule has 2 rings (SSSR count). The molecule has 0 aliphatic rings. The van der Waals surface area contributed by atoms with Crippen molar-refractivity contribution in [2.75, 3.05) is 0 Å². The number of furan rings is 1. The second-order valence-electron chi connectivity index (χ2n) is 4.41. The van der Waals surface area contributed by atoms with E-state index in [1.807, 2.05) is 5.48 Å². The fourth-order valence-electron chi connectivity index (χ4n) is 1.56. The number of hydrogen-bond donors (Lipinski definition) is 2. The zero-order chi connectivity index (χ0) is 17.5. The monoisotopic (exact) mass is 349 g/mol. The number of hydrogen-bond acceptors (Lipinski definition) is 7. The molecule has 0 spiro atoms. The summed E-state index contributed by atoms with van der Waals surface area (Å²) in [5, 5.41) is 27.8. The van der Waals surface area contributed by atoms with Gasteiger partial charge in [0.05, 0.1) is 18.0 Å². The minimum atomic E-state index is -0.654. The standard InChI is InChI=1S/C14H12ClN5O4/c1-9(14(19-21)17-11-4-2-10(15)3-5-11)18-16-8-12-6-7-13(24-12)20(22)23/h2-8,21H,1H3,(H,17,19)/b16-8+,18-9+. The van der Waals surface area contributed by atoms with E-state index in [4.69, 9.17) is 21.2 Å². The van der Waals surface area contributed by atoms with Crippen molar-refractivity contribution in [2.24, 2.45) is 15.2 Å². The molecule has 0 fully saturated rings. The molecule has 0 saturated carbocycles. The lowest BCUT2D eigenvalue weighted by molar-refractivity contribution is -0.402. The van der Waals surface area contributed by atoms with E-state index < -0.39 is 4.92 Å². The normalized spacial score (nSPS) is 12.6. The molecule has 0 aliphatic heterocycles. The molecule has 1 aromatic heterocycles. The van der Waals surface area contributed by atoms with Gasteiger partial charge in [-0.15, -0.1) is 0 Å². The lowest BCUT2D eigenvalue weighted by Gasteiger charge is -2.02. The summed E-state index contributed by atoms with van der Waals surface area (Å²) in [6, 6.07) is 9.24. The minimum Gasteiger partial charge on any atom is -0.400 e. The van der Waals surface area contributed by atoms with Crippen LogP contribution in [0.4, 0.5) is 11.6 Å². The van der Waals surface area contributed by atoms with E-state index in [1.165, 1.54) is 18.3 Å². The van der Waals surface area contributed by atoms with Gasteiger partial charge < -0.3 is 4.42 Å². The maximum Gasteiger partial charge on any atom is 0.433 e. The molecule has 0 unspecified atom stereocenters. The van der Waals surface area contributed by atoms with Gasteiger partial charge in [-0.25, -0.2) is 4.99 Å². The Morgan fingerprint density at radius 1 is 1.33 bits per heavy atom. The van der Waals surface area contributed by atoms with Gasteiger partial charge in [0.1, 0.15) is 10.6 Å². The van der Waals surface area contributed by atoms with Crippen molar-refractivity contribution in [3.05, 3.63) is 57.3 Å². The van der Waals surface area contributed by atoms with Crippen molar-refractivity contribution in [3.63, 3.8) is 0 Å². The van der Waals surface area contributed by atoms with Crippen LogP contribution in [-0.2, 0) is 0 Å².